The molecule has 2 bridgehead atoms. The number of nitrogens with one attached hydrogen (secondary N) is 2. The van der Waals surface area contributed by atoms with E-state index < -0.39 is 48.6 Å². The predicted octanol–water partition coefficient (Wildman–Crippen LogP) is 6.11. The lowest BCUT2D eigenvalue weighted by Gasteiger charge is -2.32. The minimum Gasteiger partial charge on any atom is -0.475 e. The number of halogens is 12. The van der Waals surface area contributed by atoms with E-state index in [2.05, 4.69) is 87.0 Å². The van der Waals surface area contributed by atoms with Crippen LogP contribution in [0.1, 0.15) is 33.5 Å². The number of fused-ring (bicyclic) bond motifs is 2. The van der Waals surface area contributed by atoms with Crippen LogP contribution in [0.3, 0.4) is 0 Å². The van der Waals surface area contributed by atoms with Gasteiger partial charge >= 0.3 is 48.6 Å². The van der Waals surface area contributed by atoms with Gasteiger partial charge in [-0.15, -0.1) is 0 Å². The van der Waals surface area contributed by atoms with Crippen LogP contribution in [0, 0.1) is 0 Å². The van der Waals surface area contributed by atoms with Crippen molar-refractivity contribution in [2.45, 2.75) is 62.8 Å². The van der Waals surface area contributed by atoms with E-state index in [1.165, 1.54) is 28.7 Å². The topological polar surface area (TPSA) is 200 Å². The molecule has 3 saturated heterocycles. The summed E-state index contributed by atoms with van der Waals surface area (Å²) in [6, 6.07) is 26.9. The Morgan fingerprint density at radius 1 is 0.606 bits per heavy atom. The molecule has 3 fully saturated rings. The number of aliphatic carboxylic acids is 4. The Kier molecular flexibility index (Phi) is 20.8. The van der Waals surface area contributed by atoms with E-state index >= 15 is 0 Å². The maximum absolute atomic E-state index is 13.0. The standard InChI is InChI=1S/C32H39N5O.4C2HF3O2/c1-35-11-13-36(14-12-35)21-25-6-4-10-29(17-25)32(38)34-19-24-5-2-8-27(15-24)28-9-3-7-26(16-28)22-37-23-30-18-31(37)20-33-30;4*3-2(4,5)1(6)7/h2-10,15-17,30-31,33H,11-14,18-23H2,1H3,(H,34,38);4*(H,6,7)/t30-,31-;;;;/m0..../s1. The summed E-state index contributed by atoms with van der Waals surface area (Å²) in [7, 11) is 2.17. The molecule has 14 nitrogen and oxygen atoms in total. The SMILES string of the molecule is CN1CCN(Cc2cccc(C(=O)NCc3cccc(-c4cccc(CN5C[C@@H]6C[C@H]5CN6)c4)c3)c2)CC1.O=C(O)C(F)(F)F.O=C(O)C(F)(F)F.O=C(O)C(F)(F)F.O=C(O)C(F)(F)F. The van der Waals surface area contributed by atoms with Gasteiger partial charge in [-0.1, -0.05) is 48.5 Å². The molecule has 26 heteroatoms. The summed E-state index contributed by atoms with van der Waals surface area (Å²) in [5.41, 5.74) is 6.82. The summed E-state index contributed by atoms with van der Waals surface area (Å²) in [6.45, 7) is 9.04. The van der Waals surface area contributed by atoms with Crippen molar-refractivity contribution in [1.29, 1.82) is 0 Å². The predicted molar refractivity (Wildman–Crippen MR) is 208 cm³/mol. The lowest BCUT2D eigenvalue weighted by Crippen LogP contribution is -2.43. The van der Waals surface area contributed by atoms with Gasteiger partial charge in [-0.3, -0.25) is 14.6 Å². The minimum atomic E-state index is -5.08. The highest BCUT2D eigenvalue weighted by Crippen LogP contribution is 2.27. The second kappa shape index (κ2) is 24.5. The first-order chi connectivity index (χ1) is 30.4. The number of carboxylic acids is 4. The molecule has 0 aliphatic carbocycles. The van der Waals surface area contributed by atoms with Crippen molar-refractivity contribution in [3.63, 3.8) is 0 Å². The van der Waals surface area contributed by atoms with Gasteiger partial charge in [-0.25, -0.2) is 19.2 Å². The van der Waals surface area contributed by atoms with Crippen molar-refractivity contribution in [2.24, 2.45) is 0 Å². The summed E-state index contributed by atoms with van der Waals surface area (Å²) in [6.07, 6.45) is -19.0. The molecule has 3 aromatic rings. The van der Waals surface area contributed by atoms with E-state index in [4.69, 9.17) is 39.6 Å². The Morgan fingerprint density at radius 3 is 1.42 bits per heavy atom. The van der Waals surface area contributed by atoms with Gasteiger partial charge < -0.3 is 36.0 Å². The zero-order valence-corrected chi connectivity index (χ0v) is 34.4. The first-order valence-corrected chi connectivity index (χ1v) is 19.0. The van der Waals surface area contributed by atoms with E-state index in [-0.39, 0.29) is 5.91 Å². The van der Waals surface area contributed by atoms with Crippen LogP contribution in [0.2, 0.25) is 0 Å². The van der Waals surface area contributed by atoms with Crippen LogP contribution in [0.15, 0.2) is 72.8 Å². The number of benzene rings is 3. The molecule has 0 unspecified atom stereocenters. The van der Waals surface area contributed by atoms with Crippen LogP contribution in [-0.4, -0.2) is 148 Å². The highest BCUT2D eigenvalue weighted by atomic mass is 19.4. The van der Waals surface area contributed by atoms with Crippen LogP contribution < -0.4 is 10.6 Å². The molecule has 2 atom stereocenters. The Balaban J connectivity index is 0.000000434. The van der Waals surface area contributed by atoms with Crippen LogP contribution >= 0.6 is 0 Å². The lowest BCUT2D eigenvalue weighted by molar-refractivity contribution is -0.193. The molecule has 3 aliphatic heterocycles. The monoisotopic (exact) mass is 965 g/mol. The van der Waals surface area contributed by atoms with Crippen molar-refractivity contribution in [3.8, 4) is 11.1 Å². The number of carbonyl (C=O) groups is 5. The summed E-state index contributed by atoms with van der Waals surface area (Å²) >= 11 is 0. The molecule has 6 N–H and O–H groups in total. The van der Waals surface area contributed by atoms with Crippen molar-refractivity contribution in [3.05, 3.63) is 95.1 Å². The van der Waals surface area contributed by atoms with E-state index in [9.17, 15) is 57.5 Å². The molecule has 3 aromatic carbocycles. The summed E-state index contributed by atoms with van der Waals surface area (Å²) < 4.78 is 127. The van der Waals surface area contributed by atoms with E-state index in [0.29, 0.717) is 18.6 Å². The van der Waals surface area contributed by atoms with Gasteiger partial charge in [0.1, 0.15) is 0 Å². The van der Waals surface area contributed by atoms with Gasteiger partial charge in [0.2, 0.25) is 0 Å². The maximum atomic E-state index is 13.0. The number of carbonyl (C=O) groups excluding carboxylic acids is 1. The smallest absolute Gasteiger partial charge is 0.475 e. The van der Waals surface area contributed by atoms with Crippen LogP contribution in [0.5, 0.6) is 0 Å². The number of nitrogens with zero attached hydrogens (tertiary/aromatic N) is 3. The van der Waals surface area contributed by atoms with Crippen molar-refractivity contribution < 1.29 is 97.1 Å². The van der Waals surface area contributed by atoms with Gasteiger partial charge in [-0.05, 0) is 65.6 Å². The summed E-state index contributed by atoms with van der Waals surface area (Å²) in [5, 5.41) is 35.2. The van der Waals surface area contributed by atoms with Crippen LogP contribution in [0.25, 0.3) is 11.1 Å². The number of likely N-dealkylation sites (tertiary alicyclic amines) is 1. The first kappa shape index (κ1) is 56.1. The third-order valence-electron chi connectivity index (χ3n) is 9.36. The zero-order valence-electron chi connectivity index (χ0n) is 34.4. The highest BCUT2D eigenvalue weighted by molar-refractivity contribution is 5.94. The zero-order chi connectivity index (χ0) is 50.2. The Hall–Kier alpha value is -5.99. The average Bonchev–Trinajstić information content (AvgIpc) is 3.85. The number of piperazine rings is 2. The van der Waals surface area contributed by atoms with Crippen molar-refractivity contribution >= 4 is 29.8 Å². The van der Waals surface area contributed by atoms with Gasteiger partial charge in [0.15, 0.2) is 0 Å². The molecule has 0 spiro atoms. The number of hydrogen-bond acceptors (Lipinski definition) is 9. The largest absolute Gasteiger partial charge is 0.490 e. The average molecular weight is 966 g/mol. The molecule has 66 heavy (non-hydrogen) atoms. The third kappa shape index (κ3) is 20.5. The van der Waals surface area contributed by atoms with E-state index in [1.54, 1.807) is 0 Å². The van der Waals surface area contributed by atoms with E-state index in [0.717, 1.165) is 63.5 Å². The fourth-order valence-electron chi connectivity index (χ4n) is 6.14. The minimum absolute atomic E-state index is 0.0213. The first-order valence-electron chi connectivity index (χ1n) is 19.0. The normalized spacial score (nSPS) is 17.5. The number of hydrogen-bond donors (Lipinski definition) is 6. The highest BCUT2D eigenvalue weighted by Gasteiger charge is 2.40. The fraction of sp³-hybridized carbons (Fsp3) is 0.425. The molecule has 1 amide bonds. The number of rotatable bonds is 8. The molecule has 3 heterocycles. The fourth-order valence-corrected chi connectivity index (χ4v) is 6.14. The molecular weight excluding hydrogens is 922 g/mol. The third-order valence-corrected chi connectivity index (χ3v) is 9.36. The van der Waals surface area contributed by atoms with Gasteiger partial charge in [-0.2, -0.15) is 52.7 Å². The molecule has 0 saturated carbocycles. The molecule has 3 aliphatic rings. The molecule has 0 radical (unpaired) electrons. The Bertz CT molecular complexity index is 2000. The number of amides is 1. The van der Waals surface area contributed by atoms with Gasteiger partial charge in [0.05, 0.1) is 0 Å². The van der Waals surface area contributed by atoms with Gasteiger partial charge in [0, 0.05) is 76.5 Å². The lowest BCUT2D eigenvalue weighted by atomic mass is 10.0. The van der Waals surface area contributed by atoms with Crippen LogP contribution in [0.4, 0.5) is 52.7 Å². The summed E-state index contributed by atoms with van der Waals surface area (Å²) in [5.74, 6) is -11.0. The Morgan fingerprint density at radius 2 is 1.02 bits per heavy atom. The molecule has 6 rings (SSSR count). The van der Waals surface area contributed by atoms with E-state index in [1.807, 2.05) is 18.2 Å². The number of likely N-dealkylation sites (N-methyl/N-ethyl adjacent to an activating group) is 1. The maximum Gasteiger partial charge on any atom is 0.490 e. The molecule has 0 aromatic heterocycles. The second-order valence-electron chi connectivity index (χ2n) is 14.5. The van der Waals surface area contributed by atoms with Crippen LogP contribution in [-0.2, 0) is 38.8 Å². The Labute approximate surface area is 367 Å². The van der Waals surface area contributed by atoms with Crippen molar-refractivity contribution in [1.82, 2.24) is 25.3 Å². The molecular formula is C40H43F12N5O9. The van der Waals surface area contributed by atoms with Crippen molar-refractivity contribution in [2.75, 3.05) is 46.3 Å². The number of carboxylic acid groups (broad SMARTS) is 4. The molecule has 366 valence electrons. The number of alkyl halides is 12. The second-order valence-corrected chi connectivity index (χ2v) is 14.5. The summed E-state index contributed by atoms with van der Waals surface area (Å²) in [4.78, 5) is 56.0. The van der Waals surface area contributed by atoms with Gasteiger partial charge in [0.25, 0.3) is 5.91 Å². The quantitative estimate of drug-likeness (QED) is 0.142.